The number of ether oxygens (including phenoxy) is 1. The van der Waals surface area contributed by atoms with Gasteiger partial charge in [-0.1, -0.05) is 6.08 Å². The van der Waals surface area contributed by atoms with Crippen LogP contribution in [0, 0.1) is 5.92 Å². The molecular formula is C9H17NO. The summed E-state index contributed by atoms with van der Waals surface area (Å²) >= 11 is 0. The fourth-order valence-corrected chi connectivity index (χ4v) is 1.38. The van der Waals surface area contributed by atoms with Crippen molar-refractivity contribution in [3.05, 3.63) is 12.7 Å². The van der Waals surface area contributed by atoms with Crippen LogP contribution in [-0.4, -0.2) is 26.3 Å². The largest absolute Gasteiger partial charge is 0.377 e. The molecule has 0 aromatic carbocycles. The van der Waals surface area contributed by atoms with E-state index in [1.807, 2.05) is 0 Å². The van der Waals surface area contributed by atoms with Gasteiger partial charge in [0.05, 0.1) is 6.61 Å². The van der Waals surface area contributed by atoms with Crippen molar-refractivity contribution in [3.63, 3.8) is 0 Å². The summed E-state index contributed by atoms with van der Waals surface area (Å²) in [5.41, 5.74) is 0. The van der Waals surface area contributed by atoms with Crippen LogP contribution in [0.5, 0.6) is 0 Å². The maximum Gasteiger partial charge on any atom is 0.0644 e. The Labute approximate surface area is 68.6 Å². The quantitative estimate of drug-likeness (QED) is 0.475. The highest BCUT2D eigenvalue weighted by molar-refractivity contribution is 4.71. The molecule has 1 fully saturated rings. The number of hydrogen-bond acceptors (Lipinski definition) is 2. The molecule has 11 heavy (non-hydrogen) atoms. The van der Waals surface area contributed by atoms with Crippen molar-refractivity contribution in [1.29, 1.82) is 0 Å². The van der Waals surface area contributed by atoms with Crippen LogP contribution >= 0.6 is 0 Å². The Balaban J connectivity index is 1.89. The Kier molecular flexibility index (Phi) is 4.24. The average Bonchev–Trinajstić information content (AvgIpc) is 2.50. The summed E-state index contributed by atoms with van der Waals surface area (Å²) in [5, 5.41) is 3.34. The summed E-state index contributed by atoms with van der Waals surface area (Å²) in [6, 6.07) is 0. The zero-order valence-corrected chi connectivity index (χ0v) is 7.01. The molecule has 0 aromatic rings. The van der Waals surface area contributed by atoms with E-state index in [1.165, 1.54) is 25.9 Å². The maximum absolute atomic E-state index is 5.30. The van der Waals surface area contributed by atoms with Crippen LogP contribution < -0.4 is 5.32 Å². The SMILES string of the molecule is C=CCOCCC1CCNC1. The molecule has 2 heteroatoms. The first-order chi connectivity index (χ1) is 5.43. The molecule has 0 amide bonds. The summed E-state index contributed by atoms with van der Waals surface area (Å²) in [4.78, 5) is 0. The third kappa shape index (κ3) is 3.54. The molecule has 1 unspecified atom stereocenters. The smallest absolute Gasteiger partial charge is 0.0644 e. The highest BCUT2D eigenvalue weighted by Crippen LogP contribution is 2.11. The second-order valence-electron chi connectivity index (χ2n) is 3.01. The second kappa shape index (κ2) is 5.33. The van der Waals surface area contributed by atoms with Gasteiger partial charge in [0, 0.05) is 6.61 Å². The minimum absolute atomic E-state index is 0.695. The van der Waals surface area contributed by atoms with Crippen molar-refractivity contribution in [2.24, 2.45) is 5.92 Å². The molecule has 1 aliphatic heterocycles. The Morgan fingerprint density at radius 2 is 2.55 bits per heavy atom. The van der Waals surface area contributed by atoms with E-state index < -0.39 is 0 Å². The van der Waals surface area contributed by atoms with Crippen LogP contribution in [0.15, 0.2) is 12.7 Å². The predicted octanol–water partition coefficient (Wildman–Crippen LogP) is 1.19. The van der Waals surface area contributed by atoms with Gasteiger partial charge in [0.15, 0.2) is 0 Å². The van der Waals surface area contributed by atoms with Crippen LogP contribution in [-0.2, 0) is 4.74 Å². The Morgan fingerprint density at radius 1 is 1.64 bits per heavy atom. The van der Waals surface area contributed by atoms with E-state index >= 15 is 0 Å². The van der Waals surface area contributed by atoms with Crippen LogP contribution in [0.3, 0.4) is 0 Å². The third-order valence-corrected chi connectivity index (χ3v) is 2.07. The maximum atomic E-state index is 5.30. The van der Waals surface area contributed by atoms with Crippen molar-refractivity contribution >= 4 is 0 Å². The lowest BCUT2D eigenvalue weighted by atomic mass is 10.1. The fraction of sp³-hybridized carbons (Fsp3) is 0.778. The monoisotopic (exact) mass is 155 g/mol. The fourth-order valence-electron chi connectivity index (χ4n) is 1.38. The first-order valence-corrected chi connectivity index (χ1v) is 4.33. The minimum Gasteiger partial charge on any atom is -0.377 e. The summed E-state index contributed by atoms with van der Waals surface area (Å²) in [6.45, 7) is 7.54. The zero-order chi connectivity index (χ0) is 7.94. The van der Waals surface area contributed by atoms with Gasteiger partial charge in [-0.15, -0.1) is 6.58 Å². The topological polar surface area (TPSA) is 21.3 Å². The summed E-state index contributed by atoms with van der Waals surface area (Å²) < 4.78 is 5.30. The molecule has 0 aliphatic carbocycles. The molecule has 1 atom stereocenters. The Bertz CT molecular complexity index is 108. The lowest BCUT2D eigenvalue weighted by Gasteiger charge is -2.06. The van der Waals surface area contributed by atoms with Crippen molar-refractivity contribution in [1.82, 2.24) is 5.32 Å². The van der Waals surface area contributed by atoms with Crippen molar-refractivity contribution < 1.29 is 4.74 Å². The van der Waals surface area contributed by atoms with Gasteiger partial charge in [0.25, 0.3) is 0 Å². The Morgan fingerprint density at radius 3 is 3.18 bits per heavy atom. The van der Waals surface area contributed by atoms with Gasteiger partial charge in [-0.2, -0.15) is 0 Å². The van der Waals surface area contributed by atoms with E-state index in [-0.39, 0.29) is 0 Å². The zero-order valence-electron chi connectivity index (χ0n) is 7.01. The highest BCUT2D eigenvalue weighted by atomic mass is 16.5. The van der Waals surface area contributed by atoms with E-state index in [2.05, 4.69) is 11.9 Å². The van der Waals surface area contributed by atoms with E-state index in [9.17, 15) is 0 Å². The van der Waals surface area contributed by atoms with E-state index in [4.69, 9.17) is 4.74 Å². The van der Waals surface area contributed by atoms with Crippen LogP contribution in [0.25, 0.3) is 0 Å². The molecule has 0 bridgehead atoms. The van der Waals surface area contributed by atoms with Crippen LogP contribution in [0.1, 0.15) is 12.8 Å². The number of nitrogens with one attached hydrogen (secondary N) is 1. The first kappa shape index (κ1) is 8.75. The van der Waals surface area contributed by atoms with E-state index in [0.29, 0.717) is 6.61 Å². The summed E-state index contributed by atoms with van der Waals surface area (Å²) in [6.07, 6.45) is 4.31. The van der Waals surface area contributed by atoms with E-state index in [0.717, 1.165) is 12.5 Å². The van der Waals surface area contributed by atoms with Crippen LogP contribution in [0.2, 0.25) is 0 Å². The van der Waals surface area contributed by atoms with Gasteiger partial charge in [0.2, 0.25) is 0 Å². The van der Waals surface area contributed by atoms with E-state index in [1.54, 1.807) is 6.08 Å². The number of rotatable bonds is 5. The molecule has 0 spiro atoms. The molecular weight excluding hydrogens is 138 g/mol. The molecule has 1 saturated heterocycles. The van der Waals surface area contributed by atoms with Crippen molar-refractivity contribution in [2.45, 2.75) is 12.8 Å². The standard InChI is InChI=1S/C9H17NO/c1-2-6-11-7-4-9-3-5-10-8-9/h2,9-10H,1,3-8H2. The predicted molar refractivity (Wildman–Crippen MR) is 46.6 cm³/mol. The second-order valence-corrected chi connectivity index (χ2v) is 3.01. The van der Waals surface area contributed by atoms with Gasteiger partial charge in [0.1, 0.15) is 0 Å². The lowest BCUT2D eigenvalue weighted by Crippen LogP contribution is -2.10. The van der Waals surface area contributed by atoms with Gasteiger partial charge >= 0.3 is 0 Å². The molecule has 1 heterocycles. The molecule has 2 nitrogen and oxygen atoms in total. The average molecular weight is 155 g/mol. The third-order valence-electron chi connectivity index (χ3n) is 2.07. The minimum atomic E-state index is 0.695. The van der Waals surface area contributed by atoms with Gasteiger partial charge in [-0.25, -0.2) is 0 Å². The van der Waals surface area contributed by atoms with Crippen molar-refractivity contribution in [3.8, 4) is 0 Å². The van der Waals surface area contributed by atoms with Crippen LogP contribution in [0.4, 0.5) is 0 Å². The highest BCUT2D eigenvalue weighted by Gasteiger charge is 2.13. The molecule has 0 radical (unpaired) electrons. The number of hydrogen-bond donors (Lipinski definition) is 1. The van der Waals surface area contributed by atoms with Gasteiger partial charge < -0.3 is 10.1 Å². The molecule has 64 valence electrons. The Hall–Kier alpha value is -0.340. The van der Waals surface area contributed by atoms with Crippen molar-refractivity contribution in [2.75, 3.05) is 26.3 Å². The normalized spacial score (nSPS) is 23.8. The molecule has 0 aromatic heterocycles. The first-order valence-electron chi connectivity index (χ1n) is 4.33. The molecule has 1 aliphatic rings. The molecule has 0 saturated carbocycles. The summed E-state index contributed by atoms with van der Waals surface area (Å²) in [7, 11) is 0. The lowest BCUT2D eigenvalue weighted by molar-refractivity contribution is 0.148. The summed E-state index contributed by atoms with van der Waals surface area (Å²) in [5.74, 6) is 0.847. The van der Waals surface area contributed by atoms with Gasteiger partial charge in [-0.3, -0.25) is 0 Å². The molecule has 1 N–H and O–H groups in total. The van der Waals surface area contributed by atoms with Gasteiger partial charge in [-0.05, 0) is 31.8 Å². The molecule has 1 rings (SSSR count).